The van der Waals surface area contributed by atoms with Crippen LogP contribution in [0, 0.1) is 6.92 Å². The molecule has 3 aromatic rings. The molecule has 0 aliphatic carbocycles. The summed E-state index contributed by atoms with van der Waals surface area (Å²) in [5.74, 6) is -0.279. The van der Waals surface area contributed by atoms with Crippen LogP contribution in [0.25, 0.3) is 0 Å². The van der Waals surface area contributed by atoms with Gasteiger partial charge in [-0.15, -0.1) is 11.3 Å². The highest BCUT2D eigenvalue weighted by Gasteiger charge is 2.22. The van der Waals surface area contributed by atoms with Crippen LogP contribution in [0.1, 0.15) is 21.8 Å². The molecule has 1 unspecified atom stereocenters. The van der Waals surface area contributed by atoms with Gasteiger partial charge in [0, 0.05) is 17.5 Å². The minimum absolute atomic E-state index is 0.144. The summed E-state index contributed by atoms with van der Waals surface area (Å²) >= 11 is 1.49. The summed E-state index contributed by atoms with van der Waals surface area (Å²) in [6.45, 7) is 2.37. The minimum Gasteiger partial charge on any atom is -0.445 e. The van der Waals surface area contributed by atoms with Gasteiger partial charge >= 0.3 is 6.09 Å². The molecule has 1 aromatic heterocycles. The molecular formula is C22H23N3O3S. The van der Waals surface area contributed by atoms with Crippen LogP contribution in [0.3, 0.4) is 0 Å². The maximum absolute atomic E-state index is 12.7. The van der Waals surface area contributed by atoms with Gasteiger partial charge in [0.05, 0.1) is 6.54 Å². The number of hydrogen-bond acceptors (Lipinski definition) is 5. The Labute approximate surface area is 173 Å². The van der Waals surface area contributed by atoms with Gasteiger partial charge in [-0.1, -0.05) is 60.7 Å². The largest absolute Gasteiger partial charge is 0.445 e. The molecule has 2 N–H and O–H groups in total. The van der Waals surface area contributed by atoms with Gasteiger partial charge in [-0.25, -0.2) is 9.78 Å². The van der Waals surface area contributed by atoms with Crippen molar-refractivity contribution in [1.82, 2.24) is 15.6 Å². The lowest BCUT2D eigenvalue weighted by atomic mass is 10.1. The fourth-order valence-corrected chi connectivity index (χ4v) is 3.45. The summed E-state index contributed by atoms with van der Waals surface area (Å²) in [6.07, 6.45) is -0.265. The molecule has 0 aliphatic heterocycles. The Kier molecular flexibility index (Phi) is 7.35. The van der Waals surface area contributed by atoms with Crippen LogP contribution in [0.4, 0.5) is 4.79 Å². The van der Waals surface area contributed by atoms with Crippen molar-refractivity contribution in [1.29, 1.82) is 0 Å². The van der Waals surface area contributed by atoms with Gasteiger partial charge in [0.1, 0.15) is 17.7 Å². The zero-order valence-corrected chi connectivity index (χ0v) is 16.9. The van der Waals surface area contributed by atoms with E-state index < -0.39 is 12.1 Å². The van der Waals surface area contributed by atoms with Crippen LogP contribution >= 0.6 is 11.3 Å². The number of hydrogen-bond donors (Lipinski definition) is 2. The Morgan fingerprint density at radius 1 is 1.03 bits per heavy atom. The van der Waals surface area contributed by atoms with E-state index in [0.29, 0.717) is 13.0 Å². The Bertz CT molecular complexity index is 929. The highest BCUT2D eigenvalue weighted by atomic mass is 32.1. The van der Waals surface area contributed by atoms with Gasteiger partial charge in [-0.2, -0.15) is 0 Å². The molecule has 0 fully saturated rings. The number of amides is 2. The molecule has 2 aromatic carbocycles. The van der Waals surface area contributed by atoms with E-state index in [1.54, 1.807) is 0 Å². The topological polar surface area (TPSA) is 80.3 Å². The lowest BCUT2D eigenvalue weighted by Crippen LogP contribution is -2.48. The van der Waals surface area contributed by atoms with E-state index in [-0.39, 0.29) is 12.5 Å². The molecule has 29 heavy (non-hydrogen) atoms. The third-order valence-electron chi connectivity index (χ3n) is 4.18. The number of nitrogens with one attached hydrogen (secondary N) is 2. The number of aromatic nitrogens is 1. The van der Waals surface area contributed by atoms with Gasteiger partial charge in [0.2, 0.25) is 5.91 Å². The summed E-state index contributed by atoms with van der Waals surface area (Å²) in [6, 6.07) is 18.2. The number of rotatable bonds is 8. The van der Waals surface area contributed by atoms with Crippen molar-refractivity contribution in [2.75, 3.05) is 0 Å². The van der Waals surface area contributed by atoms with Gasteiger partial charge in [-0.3, -0.25) is 4.79 Å². The monoisotopic (exact) mass is 409 g/mol. The Hall–Kier alpha value is -3.19. The average molecular weight is 410 g/mol. The van der Waals surface area contributed by atoms with Crippen LogP contribution < -0.4 is 10.6 Å². The predicted octanol–water partition coefficient (Wildman–Crippen LogP) is 3.61. The first-order chi connectivity index (χ1) is 14.1. The van der Waals surface area contributed by atoms with E-state index in [1.165, 1.54) is 11.3 Å². The van der Waals surface area contributed by atoms with E-state index >= 15 is 0 Å². The van der Waals surface area contributed by atoms with Gasteiger partial charge in [0.25, 0.3) is 0 Å². The number of nitrogens with zero attached hydrogens (tertiary/aromatic N) is 1. The SMILES string of the molecule is Cc1csc(CNC(=O)C(Cc2ccccc2)NC(=O)OCc2ccccc2)n1. The van der Waals surface area contributed by atoms with Crippen LogP contribution in [0.2, 0.25) is 0 Å². The summed E-state index contributed by atoms with van der Waals surface area (Å²) in [7, 11) is 0. The zero-order chi connectivity index (χ0) is 20.5. The van der Waals surface area contributed by atoms with Crippen molar-refractivity contribution in [2.24, 2.45) is 0 Å². The highest BCUT2D eigenvalue weighted by Crippen LogP contribution is 2.09. The summed E-state index contributed by atoms with van der Waals surface area (Å²) in [5, 5.41) is 8.29. The molecule has 0 aliphatic rings. The third kappa shape index (κ3) is 6.73. The molecule has 0 spiro atoms. The van der Waals surface area contributed by atoms with Gasteiger partial charge in [-0.05, 0) is 18.1 Å². The molecular weight excluding hydrogens is 386 g/mol. The maximum atomic E-state index is 12.7. The second-order valence-electron chi connectivity index (χ2n) is 6.55. The smallest absolute Gasteiger partial charge is 0.408 e. The Balaban J connectivity index is 1.60. The van der Waals surface area contributed by atoms with Crippen LogP contribution in [-0.2, 0) is 29.1 Å². The van der Waals surface area contributed by atoms with Gasteiger partial charge in [0.15, 0.2) is 0 Å². The van der Waals surface area contributed by atoms with Crippen molar-refractivity contribution in [3.8, 4) is 0 Å². The van der Waals surface area contributed by atoms with E-state index in [2.05, 4.69) is 15.6 Å². The summed E-state index contributed by atoms with van der Waals surface area (Å²) in [5.41, 5.74) is 2.75. The summed E-state index contributed by atoms with van der Waals surface area (Å²) in [4.78, 5) is 29.3. The second-order valence-corrected chi connectivity index (χ2v) is 7.49. The van der Waals surface area contributed by atoms with Crippen molar-refractivity contribution in [2.45, 2.75) is 32.5 Å². The molecule has 1 atom stereocenters. The van der Waals surface area contributed by atoms with Crippen LogP contribution in [0.5, 0.6) is 0 Å². The lowest BCUT2D eigenvalue weighted by molar-refractivity contribution is -0.123. The van der Waals surface area contributed by atoms with Crippen molar-refractivity contribution in [3.05, 3.63) is 87.9 Å². The molecule has 7 heteroatoms. The first kappa shape index (κ1) is 20.5. The summed E-state index contributed by atoms with van der Waals surface area (Å²) < 4.78 is 5.27. The molecule has 2 amide bonds. The molecule has 1 heterocycles. The number of thiazole rings is 1. The quantitative estimate of drug-likeness (QED) is 0.596. The minimum atomic E-state index is -0.748. The number of ether oxygens (including phenoxy) is 1. The van der Waals surface area contributed by atoms with E-state index in [4.69, 9.17) is 4.74 Å². The number of benzene rings is 2. The molecule has 0 radical (unpaired) electrons. The van der Waals surface area contributed by atoms with E-state index in [9.17, 15) is 9.59 Å². The molecule has 0 saturated heterocycles. The fourth-order valence-electron chi connectivity index (χ4n) is 2.74. The van der Waals surface area contributed by atoms with Gasteiger partial charge < -0.3 is 15.4 Å². The maximum Gasteiger partial charge on any atom is 0.408 e. The zero-order valence-electron chi connectivity index (χ0n) is 16.1. The third-order valence-corrected chi connectivity index (χ3v) is 5.15. The molecule has 0 bridgehead atoms. The van der Waals surface area contributed by atoms with Crippen molar-refractivity contribution in [3.63, 3.8) is 0 Å². The molecule has 150 valence electrons. The van der Waals surface area contributed by atoms with Crippen LogP contribution in [-0.4, -0.2) is 23.0 Å². The number of aryl methyl sites for hydroxylation is 1. The normalized spacial score (nSPS) is 11.5. The Morgan fingerprint density at radius 3 is 2.31 bits per heavy atom. The molecule has 0 saturated carbocycles. The van der Waals surface area contributed by atoms with Crippen LogP contribution in [0.15, 0.2) is 66.0 Å². The first-order valence-corrected chi connectivity index (χ1v) is 10.2. The number of carbonyl (C=O) groups excluding carboxylic acids is 2. The standard InChI is InChI=1S/C22H23N3O3S/c1-16-15-29-20(24-16)13-23-21(26)19(12-17-8-4-2-5-9-17)25-22(27)28-14-18-10-6-3-7-11-18/h2-11,15,19H,12-14H2,1H3,(H,23,26)(H,25,27). The van der Waals surface area contributed by atoms with Crippen molar-refractivity contribution >= 4 is 23.3 Å². The fraction of sp³-hybridized carbons (Fsp3) is 0.227. The van der Waals surface area contributed by atoms with E-state index in [1.807, 2.05) is 73.0 Å². The van der Waals surface area contributed by atoms with E-state index in [0.717, 1.165) is 21.8 Å². The molecule has 6 nitrogen and oxygen atoms in total. The average Bonchev–Trinajstić information content (AvgIpc) is 3.17. The number of alkyl carbamates (subject to hydrolysis) is 1. The Morgan fingerprint density at radius 2 is 1.69 bits per heavy atom. The highest BCUT2D eigenvalue weighted by molar-refractivity contribution is 7.09. The lowest BCUT2D eigenvalue weighted by Gasteiger charge is -2.18. The second kappa shape index (κ2) is 10.4. The first-order valence-electron chi connectivity index (χ1n) is 9.30. The predicted molar refractivity (Wildman–Crippen MR) is 112 cm³/mol. The molecule has 3 rings (SSSR count). The van der Waals surface area contributed by atoms with Crippen molar-refractivity contribution < 1.29 is 14.3 Å². The number of carbonyl (C=O) groups is 2.